The van der Waals surface area contributed by atoms with Crippen molar-refractivity contribution in [2.45, 2.75) is 64.6 Å². The van der Waals surface area contributed by atoms with Crippen LogP contribution in [-0.4, -0.2) is 33.9 Å². The molecule has 0 bridgehead atoms. The van der Waals surface area contributed by atoms with Crippen molar-refractivity contribution >= 4 is 0 Å². The molecular weight excluding hydrogens is 348 g/mol. The lowest BCUT2D eigenvalue weighted by molar-refractivity contribution is -0.0768. The molecule has 28 heavy (non-hydrogen) atoms. The second-order valence-corrected chi connectivity index (χ2v) is 9.50. The summed E-state index contributed by atoms with van der Waals surface area (Å²) in [4.78, 5) is 4.48. The first-order valence-corrected chi connectivity index (χ1v) is 10.3. The van der Waals surface area contributed by atoms with Crippen molar-refractivity contribution in [1.29, 1.82) is 0 Å². The number of hydrogen-bond acceptors (Lipinski definition) is 4. The van der Waals surface area contributed by atoms with Gasteiger partial charge >= 0.3 is 0 Å². The highest BCUT2D eigenvalue weighted by molar-refractivity contribution is 5.42. The third-order valence-corrected chi connectivity index (χ3v) is 6.13. The summed E-state index contributed by atoms with van der Waals surface area (Å²) in [5.41, 5.74) is 1.83. The molecule has 2 aromatic rings. The standard InChI is InChI=1S/C24H34N2O2/c1-17(2)18-6-8-19(9-7-18)24(28,23(5)15-25-16-23)20-11-13-26-21(14-20)10-12-22(3,4)27/h6-9,11,13-14,17,25,27-28H,10,12,15-16H2,1-5H3/t24-/m0/s1. The van der Waals surface area contributed by atoms with Gasteiger partial charge in [-0.2, -0.15) is 0 Å². The third-order valence-electron chi connectivity index (χ3n) is 6.13. The molecule has 4 heteroatoms. The smallest absolute Gasteiger partial charge is 0.122 e. The first-order chi connectivity index (χ1) is 13.1. The Morgan fingerprint density at radius 3 is 2.21 bits per heavy atom. The zero-order valence-corrected chi connectivity index (χ0v) is 17.8. The van der Waals surface area contributed by atoms with Gasteiger partial charge in [0, 0.05) is 30.4 Å². The van der Waals surface area contributed by atoms with Crippen molar-refractivity contribution in [1.82, 2.24) is 10.3 Å². The average molecular weight is 383 g/mol. The number of rotatable bonds is 7. The van der Waals surface area contributed by atoms with Crippen LogP contribution in [0.4, 0.5) is 0 Å². The minimum absolute atomic E-state index is 0.290. The molecule has 0 aliphatic carbocycles. The van der Waals surface area contributed by atoms with Crippen molar-refractivity contribution in [3.63, 3.8) is 0 Å². The van der Waals surface area contributed by atoms with E-state index in [0.717, 1.165) is 29.9 Å². The highest BCUT2D eigenvalue weighted by atomic mass is 16.3. The highest BCUT2D eigenvalue weighted by Gasteiger charge is 2.53. The molecule has 1 atom stereocenters. The van der Waals surface area contributed by atoms with Gasteiger partial charge < -0.3 is 15.5 Å². The van der Waals surface area contributed by atoms with Crippen molar-refractivity contribution in [2.75, 3.05) is 13.1 Å². The van der Waals surface area contributed by atoms with Gasteiger partial charge in [0.25, 0.3) is 0 Å². The van der Waals surface area contributed by atoms with E-state index in [1.54, 1.807) is 6.20 Å². The minimum atomic E-state index is -1.10. The Labute approximate surface area is 169 Å². The monoisotopic (exact) mass is 382 g/mol. The Morgan fingerprint density at radius 2 is 1.71 bits per heavy atom. The number of nitrogens with zero attached hydrogens (tertiary/aromatic N) is 1. The molecule has 0 amide bonds. The van der Waals surface area contributed by atoms with E-state index in [2.05, 4.69) is 55.3 Å². The predicted molar refractivity (Wildman–Crippen MR) is 113 cm³/mol. The van der Waals surface area contributed by atoms with E-state index >= 15 is 0 Å². The van der Waals surface area contributed by atoms with Gasteiger partial charge in [-0.15, -0.1) is 0 Å². The average Bonchev–Trinajstić information content (AvgIpc) is 2.63. The topological polar surface area (TPSA) is 65.4 Å². The fourth-order valence-electron chi connectivity index (χ4n) is 4.00. The third kappa shape index (κ3) is 4.00. The largest absolute Gasteiger partial charge is 0.390 e. The molecule has 1 aliphatic rings. The Hall–Kier alpha value is -1.75. The highest BCUT2D eigenvalue weighted by Crippen LogP contribution is 2.47. The van der Waals surface area contributed by atoms with Crippen LogP contribution in [0.1, 0.15) is 69.3 Å². The summed E-state index contributed by atoms with van der Waals surface area (Å²) in [6, 6.07) is 12.3. The zero-order chi connectivity index (χ0) is 20.6. The van der Waals surface area contributed by atoms with Crippen LogP contribution in [0.15, 0.2) is 42.6 Å². The summed E-state index contributed by atoms with van der Waals surface area (Å²) in [6.07, 6.45) is 3.08. The van der Waals surface area contributed by atoms with Gasteiger partial charge in [-0.05, 0) is 61.4 Å². The van der Waals surface area contributed by atoms with Gasteiger partial charge in [-0.1, -0.05) is 45.0 Å². The number of hydrogen-bond donors (Lipinski definition) is 3. The SMILES string of the molecule is CC(C)c1ccc([C@](O)(c2ccnc(CCC(C)(C)O)c2)C2(C)CNC2)cc1. The maximum atomic E-state index is 12.1. The summed E-state index contributed by atoms with van der Waals surface area (Å²) < 4.78 is 0. The molecule has 1 saturated heterocycles. The van der Waals surface area contributed by atoms with Gasteiger partial charge in [0.1, 0.15) is 5.60 Å². The van der Waals surface area contributed by atoms with Crippen molar-refractivity contribution in [2.24, 2.45) is 5.41 Å². The summed E-state index contributed by atoms with van der Waals surface area (Å²) in [5, 5.41) is 25.5. The normalized spacial score (nSPS) is 18.6. The molecule has 0 saturated carbocycles. The van der Waals surface area contributed by atoms with Crippen molar-refractivity contribution in [3.05, 3.63) is 65.0 Å². The van der Waals surface area contributed by atoms with Crippen LogP contribution in [-0.2, 0) is 12.0 Å². The predicted octanol–water partition coefficient (Wildman–Crippen LogP) is 3.75. The number of benzene rings is 1. The van der Waals surface area contributed by atoms with E-state index in [1.807, 2.05) is 26.0 Å². The Balaban J connectivity index is 2.01. The van der Waals surface area contributed by atoms with Crippen LogP contribution in [0.2, 0.25) is 0 Å². The van der Waals surface area contributed by atoms with E-state index in [9.17, 15) is 10.2 Å². The van der Waals surface area contributed by atoms with E-state index < -0.39 is 11.2 Å². The fourth-order valence-corrected chi connectivity index (χ4v) is 4.00. The first-order valence-electron chi connectivity index (χ1n) is 10.3. The summed E-state index contributed by atoms with van der Waals surface area (Å²) in [7, 11) is 0. The van der Waals surface area contributed by atoms with Gasteiger partial charge in [0.15, 0.2) is 0 Å². The van der Waals surface area contributed by atoms with Gasteiger partial charge in [-0.3, -0.25) is 4.98 Å². The van der Waals surface area contributed by atoms with E-state index in [-0.39, 0.29) is 5.41 Å². The van der Waals surface area contributed by atoms with E-state index in [0.29, 0.717) is 18.8 Å². The van der Waals surface area contributed by atoms with Crippen LogP contribution >= 0.6 is 0 Å². The maximum Gasteiger partial charge on any atom is 0.122 e. The summed E-state index contributed by atoms with van der Waals surface area (Å²) in [6.45, 7) is 11.6. The molecule has 1 aliphatic heterocycles. The summed E-state index contributed by atoms with van der Waals surface area (Å²) >= 11 is 0. The van der Waals surface area contributed by atoms with Crippen LogP contribution in [0, 0.1) is 5.41 Å². The molecular formula is C24H34N2O2. The quantitative estimate of drug-likeness (QED) is 0.682. The maximum absolute atomic E-state index is 12.1. The van der Waals surface area contributed by atoms with Crippen molar-refractivity contribution in [3.8, 4) is 0 Å². The van der Waals surface area contributed by atoms with E-state index in [4.69, 9.17) is 0 Å². The lowest BCUT2D eigenvalue weighted by atomic mass is 9.62. The van der Waals surface area contributed by atoms with Gasteiger partial charge in [-0.25, -0.2) is 0 Å². The second kappa shape index (κ2) is 7.58. The van der Waals surface area contributed by atoms with Crippen LogP contribution in [0.5, 0.6) is 0 Å². The van der Waals surface area contributed by atoms with Gasteiger partial charge in [0.05, 0.1) is 5.60 Å². The summed E-state index contributed by atoms with van der Waals surface area (Å²) in [5.74, 6) is 0.456. The second-order valence-electron chi connectivity index (χ2n) is 9.50. The van der Waals surface area contributed by atoms with Crippen LogP contribution < -0.4 is 5.32 Å². The van der Waals surface area contributed by atoms with Crippen molar-refractivity contribution < 1.29 is 10.2 Å². The molecule has 4 nitrogen and oxygen atoms in total. The Kier molecular flexibility index (Phi) is 5.68. The molecule has 0 radical (unpaired) electrons. The molecule has 0 spiro atoms. The lowest BCUT2D eigenvalue weighted by Gasteiger charge is -2.52. The molecule has 3 rings (SSSR count). The molecule has 1 fully saturated rings. The molecule has 1 aromatic heterocycles. The molecule has 3 N–H and O–H groups in total. The van der Waals surface area contributed by atoms with Crippen LogP contribution in [0.25, 0.3) is 0 Å². The first kappa shape index (κ1) is 21.0. The van der Waals surface area contributed by atoms with Crippen LogP contribution in [0.3, 0.4) is 0 Å². The molecule has 1 aromatic carbocycles. The van der Waals surface area contributed by atoms with Gasteiger partial charge in [0.2, 0.25) is 0 Å². The Morgan fingerprint density at radius 1 is 1.07 bits per heavy atom. The zero-order valence-electron chi connectivity index (χ0n) is 17.8. The number of nitrogens with one attached hydrogen (secondary N) is 1. The number of aryl methyl sites for hydroxylation is 1. The Bertz CT molecular complexity index is 804. The fraction of sp³-hybridized carbons (Fsp3) is 0.542. The molecule has 2 heterocycles. The molecule has 152 valence electrons. The van der Waals surface area contributed by atoms with E-state index in [1.165, 1.54) is 5.56 Å². The number of pyridine rings is 1. The molecule has 0 unspecified atom stereocenters. The lowest BCUT2D eigenvalue weighted by Crippen LogP contribution is -2.63. The minimum Gasteiger partial charge on any atom is -0.390 e. The number of aromatic nitrogens is 1. The number of aliphatic hydroxyl groups is 2.